The van der Waals surface area contributed by atoms with E-state index in [4.69, 9.17) is 4.74 Å². The van der Waals surface area contributed by atoms with Crippen LogP contribution in [0.3, 0.4) is 0 Å². The number of carbonyl (C=O) groups is 1. The molecule has 5 heteroatoms. The van der Waals surface area contributed by atoms with Crippen molar-refractivity contribution in [3.8, 4) is 10.4 Å². The van der Waals surface area contributed by atoms with Crippen molar-refractivity contribution in [1.29, 1.82) is 0 Å². The van der Waals surface area contributed by atoms with Crippen molar-refractivity contribution in [2.75, 3.05) is 13.2 Å². The molecule has 1 aromatic carbocycles. The Morgan fingerprint density at radius 2 is 1.93 bits per heavy atom. The maximum atomic E-state index is 12.1. The molecule has 1 heterocycles. The number of alkyl carbamates (subject to hydrolysis) is 1. The third kappa shape index (κ3) is 5.86. The summed E-state index contributed by atoms with van der Waals surface area (Å²) >= 11 is 1.83. The minimum absolute atomic E-state index is 0.0518. The maximum absolute atomic E-state index is 12.1. The minimum atomic E-state index is -0.570. The zero-order chi connectivity index (χ0) is 21.4. The van der Waals surface area contributed by atoms with E-state index in [1.807, 2.05) is 11.3 Å². The molecule has 0 aliphatic heterocycles. The van der Waals surface area contributed by atoms with Gasteiger partial charge in [0.15, 0.2) is 0 Å². The quantitative estimate of drug-likeness (QED) is 0.437. The maximum Gasteiger partial charge on any atom is 0.407 e. The van der Waals surface area contributed by atoms with Gasteiger partial charge in [0.1, 0.15) is 0 Å². The Hall–Kier alpha value is -1.85. The molecule has 3 rings (SSSR count). The van der Waals surface area contributed by atoms with Crippen molar-refractivity contribution in [3.63, 3.8) is 0 Å². The number of aryl methyl sites for hydroxylation is 1. The molecule has 1 saturated carbocycles. The molecule has 1 aliphatic rings. The zero-order valence-electron chi connectivity index (χ0n) is 18.3. The Balaban J connectivity index is 1.61. The van der Waals surface area contributed by atoms with Crippen molar-refractivity contribution in [3.05, 3.63) is 46.8 Å². The van der Waals surface area contributed by atoms with Gasteiger partial charge in [0, 0.05) is 9.75 Å². The summed E-state index contributed by atoms with van der Waals surface area (Å²) in [4.78, 5) is 14.7. The average Bonchev–Trinajstić information content (AvgIpc) is 3.41. The van der Waals surface area contributed by atoms with E-state index in [9.17, 15) is 9.90 Å². The number of hydrogen-bond donors (Lipinski definition) is 2. The summed E-state index contributed by atoms with van der Waals surface area (Å²) in [5.74, 6) is 0.357. The van der Waals surface area contributed by atoms with Crippen LogP contribution in [-0.2, 0) is 11.2 Å². The predicted molar refractivity (Wildman–Crippen MR) is 124 cm³/mol. The van der Waals surface area contributed by atoms with Crippen LogP contribution in [0.1, 0.15) is 75.2 Å². The van der Waals surface area contributed by atoms with E-state index in [1.165, 1.54) is 33.7 Å². The second-order valence-electron chi connectivity index (χ2n) is 8.50. The standard InChI is InChI=1S/C25H35NO3S/c1-3-5-7-19-8-10-20(11-9-19)22-12-13-23(30-22)21-14-15-25(17-21,18-27)26-24(28)29-16-6-4-2/h8-13,21,27H,3-7,14-18H2,1-2H3,(H,26,28)/t21-,25+/m0/s1. The number of rotatable bonds is 10. The molecule has 0 spiro atoms. The summed E-state index contributed by atoms with van der Waals surface area (Å²) in [5.41, 5.74) is 2.09. The van der Waals surface area contributed by atoms with Crippen molar-refractivity contribution >= 4 is 17.4 Å². The summed E-state index contributed by atoms with van der Waals surface area (Å²) in [6, 6.07) is 13.3. The van der Waals surface area contributed by atoms with Crippen LogP contribution >= 0.6 is 11.3 Å². The molecular weight excluding hydrogens is 394 g/mol. The van der Waals surface area contributed by atoms with Crippen LogP contribution in [0.2, 0.25) is 0 Å². The summed E-state index contributed by atoms with van der Waals surface area (Å²) < 4.78 is 5.25. The Kier molecular flexibility index (Phi) is 8.34. The van der Waals surface area contributed by atoms with Crippen LogP contribution in [0.5, 0.6) is 0 Å². The molecule has 164 valence electrons. The highest BCUT2D eigenvalue weighted by Gasteiger charge is 2.41. The average molecular weight is 430 g/mol. The molecule has 4 nitrogen and oxygen atoms in total. The fourth-order valence-corrected chi connectivity index (χ4v) is 5.32. The zero-order valence-corrected chi connectivity index (χ0v) is 19.1. The molecule has 1 aliphatic carbocycles. The highest BCUT2D eigenvalue weighted by molar-refractivity contribution is 7.15. The molecule has 1 aromatic heterocycles. The SMILES string of the molecule is CCCCOC(=O)N[C@]1(CO)CC[C@H](c2ccc(-c3ccc(CCCC)cc3)s2)C1. The Bertz CT molecular complexity index is 801. The fraction of sp³-hybridized carbons (Fsp3) is 0.560. The second kappa shape index (κ2) is 11.0. The molecule has 0 bridgehead atoms. The van der Waals surface area contributed by atoms with E-state index in [2.05, 4.69) is 55.6 Å². The number of benzene rings is 1. The van der Waals surface area contributed by atoms with Gasteiger partial charge < -0.3 is 15.2 Å². The van der Waals surface area contributed by atoms with Crippen LogP contribution < -0.4 is 5.32 Å². The summed E-state index contributed by atoms with van der Waals surface area (Å²) in [6.45, 7) is 4.66. The summed E-state index contributed by atoms with van der Waals surface area (Å²) in [6.07, 6.45) is 7.53. The van der Waals surface area contributed by atoms with Crippen LogP contribution in [0.25, 0.3) is 10.4 Å². The highest BCUT2D eigenvalue weighted by atomic mass is 32.1. The molecule has 1 amide bonds. The lowest BCUT2D eigenvalue weighted by atomic mass is 9.96. The summed E-state index contributed by atoms with van der Waals surface area (Å²) in [7, 11) is 0. The van der Waals surface area contributed by atoms with E-state index in [-0.39, 0.29) is 6.61 Å². The van der Waals surface area contributed by atoms with Crippen LogP contribution in [0.4, 0.5) is 4.79 Å². The highest BCUT2D eigenvalue weighted by Crippen LogP contribution is 2.44. The van der Waals surface area contributed by atoms with E-state index in [0.29, 0.717) is 12.5 Å². The predicted octanol–water partition coefficient (Wildman–Crippen LogP) is 6.28. The summed E-state index contributed by atoms with van der Waals surface area (Å²) in [5, 5.41) is 13.0. The van der Waals surface area contributed by atoms with Gasteiger partial charge in [-0.1, -0.05) is 51.0 Å². The number of aliphatic hydroxyl groups excluding tert-OH is 1. The van der Waals surface area contributed by atoms with Gasteiger partial charge in [0.05, 0.1) is 18.8 Å². The second-order valence-corrected chi connectivity index (χ2v) is 9.61. The normalized spacial score (nSPS) is 21.0. The molecule has 0 unspecified atom stereocenters. The number of unbranched alkanes of at least 4 members (excludes halogenated alkanes) is 2. The third-order valence-electron chi connectivity index (χ3n) is 6.10. The minimum Gasteiger partial charge on any atom is -0.450 e. The fourth-order valence-electron chi connectivity index (χ4n) is 4.17. The van der Waals surface area contributed by atoms with Gasteiger partial charge >= 0.3 is 6.09 Å². The van der Waals surface area contributed by atoms with Crippen molar-refractivity contribution in [2.45, 2.75) is 76.7 Å². The molecular formula is C25H35NO3S. The smallest absolute Gasteiger partial charge is 0.407 e. The molecule has 2 N–H and O–H groups in total. The number of thiophene rings is 1. The van der Waals surface area contributed by atoms with E-state index < -0.39 is 11.6 Å². The van der Waals surface area contributed by atoms with Crippen molar-refractivity contribution in [1.82, 2.24) is 5.32 Å². The lowest BCUT2D eigenvalue weighted by Crippen LogP contribution is -2.49. The number of nitrogens with one attached hydrogen (secondary N) is 1. The first-order valence-electron chi connectivity index (χ1n) is 11.3. The largest absolute Gasteiger partial charge is 0.450 e. The topological polar surface area (TPSA) is 58.6 Å². The molecule has 0 saturated heterocycles. The molecule has 2 aromatic rings. The van der Waals surface area contributed by atoms with Crippen molar-refractivity contribution in [2.24, 2.45) is 0 Å². The van der Waals surface area contributed by atoms with Crippen LogP contribution in [-0.4, -0.2) is 30.0 Å². The molecule has 30 heavy (non-hydrogen) atoms. The van der Waals surface area contributed by atoms with Gasteiger partial charge in [0.25, 0.3) is 0 Å². The number of aliphatic hydroxyl groups is 1. The number of ether oxygens (including phenoxy) is 1. The first-order chi connectivity index (χ1) is 14.6. The van der Waals surface area contributed by atoms with Gasteiger partial charge in [-0.25, -0.2) is 4.79 Å². The Morgan fingerprint density at radius 1 is 1.17 bits per heavy atom. The van der Waals surface area contributed by atoms with Gasteiger partial charge in [-0.2, -0.15) is 0 Å². The van der Waals surface area contributed by atoms with E-state index >= 15 is 0 Å². The van der Waals surface area contributed by atoms with Gasteiger partial charge in [-0.15, -0.1) is 11.3 Å². The lowest BCUT2D eigenvalue weighted by molar-refractivity contribution is 0.111. The van der Waals surface area contributed by atoms with Gasteiger partial charge in [0.2, 0.25) is 0 Å². The van der Waals surface area contributed by atoms with Gasteiger partial charge in [-0.05, 0) is 67.7 Å². The Labute approximate surface area is 184 Å². The first-order valence-corrected chi connectivity index (χ1v) is 12.2. The van der Waals surface area contributed by atoms with E-state index in [0.717, 1.165) is 38.5 Å². The monoisotopic (exact) mass is 429 g/mol. The third-order valence-corrected chi connectivity index (χ3v) is 7.39. The first kappa shape index (κ1) is 22.8. The molecule has 2 atom stereocenters. The van der Waals surface area contributed by atoms with Crippen LogP contribution in [0, 0.1) is 0 Å². The molecule has 0 radical (unpaired) electrons. The number of amides is 1. The number of carbonyl (C=O) groups excluding carboxylic acids is 1. The van der Waals surface area contributed by atoms with Crippen molar-refractivity contribution < 1.29 is 14.6 Å². The number of hydrogen-bond acceptors (Lipinski definition) is 4. The molecule has 1 fully saturated rings. The van der Waals surface area contributed by atoms with Crippen LogP contribution in [0.15, 0.2) is 36.4 Å². The van der Waals surface area contributed by atoms with E-state index in [1.54, 1.807) is 0 Å². The lowest BCUT2D eigenvalue weighted by Gasteiger charge is -2.28. The van der Waals surface area contributed by atoms with Gasteiger partial charge in [-0.3, -0.25) is 0 Å². The Morgan fingerprint density at radius 3 is 2.63 bits per heavy atom.